The summed E-state index contributed by atoms with van der Waals surface area (Å²) < 4.78 is 5.05. The molecule has 0 aliphatic heterocycles. The van der Waals surface area contributed by atoms with Gasteiger partial charge in [0.15, 0.2) is 5.78 Å². The summed E-state index contributed by atoms with van der Waals surface area (Å²) in [5.41, 5.74) is 0.0392. The van der Waals surface area contributed by atoms with Crippen LogP contribution < -0.4 is 0 Å². The molecule has 1 rings (SSSR count). The molecule has 4 heteroatoms. The molecule has 82 valence electrons. The first-order valence-corrected chi connectivity index (χ1v) is 5.60. The lowest BCUT2D eigenvalue weighted by atomic mass is 10.1. The summed E-state index contributed by atoms with van der Waals surface area (Å²) in [4.78, 5) is 22.8. The van der Waals surface area contributed by atoms with Crippen LogP contribution in [0.3, 0.4) is 0 Å². The third kappa shape index (κ3) is 4.25. The number of hydrogen-bond donors (Lipinski definition) is 0. The Morgan fingerprint density at radius 1 is 1.40 bits per heavy atom. The third-order valence-electron chi connectivity index (χ3n) is 1.57. The van der Waals surface area contributed by atoms with Gasteiger partial charge in [-0.1, -0.05) is 0 Å². The number of thiophene rings is 1. The number of carbonyl (C=O) groups excluding carboxylic acids is 2. The van der Waals surface area contributed by atoms with Crippen molar-refractivity contribution in [3.63, 3.8) is 0 Å². The van der Waals surface area contributed by atoms with Gasteiger partial charge in [-0.2, -0.15) is 11.3 Å². The summed E-state index contributed by atoms with van der Waals surface area (Å²) in [6, 6.07) is 1.71. The van der Waals surface area contributed by atoms with Crippen LogP contribution in [0.2, 0.25) is 0 Å². The second-order valence-electron chi connectivity index (χ2n) is 4.20. The highest BCUT2D eigenvalue weighted by atomic mass is 32.1. The molecule has 0 N–H and O–H groups in total. The summed E-state index contributed by atoms with van der Waals surface area (Å²) in [7, 11) is 0. The smallest absolute Gasteiger partial charge is 0.314 e. The van der Waals surface area contributed by atoms with Crippen LogP contribution >= 0.6 is 11.3 Å². The summed E-state index contributed by atoms with van der Waals surface area (Å²) in [6.07, 6.45) is -0.187. The van der Waals surface area contributed by atoms with Gasteiger partial charge in [-0.15, -0.1) is 0 Å². The lowest BCUT2D eigenvalue weighted by Crippen LogP contribution is -2.25. The predicted octanol–water partition coefficient (Wildman–Crippen LogP) is 2.66. The van der Waals surface area contributed by atoms with Crippen LogP contribution in [0, 0.1) is 0 Å². The van der Waals surface area contributed by atoms with Crippen LogP contribution in [0.4, 0.5) is 0 Å². The van der Waals surface area contributed by atoms with Crippen LogP contribution in [-0.4, -0.2) is 17.4 Å². The Balaban J connectivity index is 2.50. The van der Waals surface area contributed by atoms with E-state index in [0.717, 1.165) is 0 Å². The zero-order chi connectivity index (χ0) is 11.5. The minimum absolute atomic E-state index is 0.187. The maximum atomic E-state index is 11.5. The van der Waals surface area contributed by atoms with Gasteiger partial charge in [0.1, 0.15) is 12.0 Å². The van der Waals surface area contributed by atoms with Crippen molar-refractivity contribution in [1.29, 1.82) is 0 Å². The predicted molar refractivity (Wildman–Crippen MR) is 59.1 cm³/mol. The van der Waals surface area contributed by atoms with Gasteiger partial charge in [-0.05, 0) is 32.2 Å². The molecule has 0 aromatic carbocycles. The molecule has 1 aromatic heterocycles. The molecule has 3 nitrogen and oxygen atoms in total. The van der Waals surface area contributed by atoms with Gasteiger partial charge in [-0.25, -0.2) is 0 Å². The maximum Gasteiger partial charge on any atom is 0.314 e. The van der Waals surface area contributed by atoms with Crippen molar-refractivity contribution in [2.45, 2.75) is 32.8 Å². The Morgan fingerprint density at radius 2 is 2.07 bits per heavy atom. The fourth-order valence-electron chi connectivity index (χ4n) is 1.03. The van der Waals surface area contributed by atoms with Crippen LogP contribution in [0.5, 0.6) is 0 Å². The SMILES string of the molecule is CC(C)(C)OC(=O)CC(=O)c1ccsc1. The van der Waals surface area contributed by atoms with Gasteiger partial charge in [0.25, 0.3) is 0 Å². The topological polar surface area (TPSA) is 43.4 Å². The average Bonchev–Trinajstić information content (AvgIpc) is 2.50. The molecule has 0 radical (unpaired) electrons. The molecule has 0 aliphatic rings. The Bertz CT molecular complexity index is 346. The zero-order valence-electron chi connectivity index (χ0n) is 9.07. The lowest BCUT2D eigenvalue weighted by molar-refractivity contribution is -0.153. The monoisotopic (exact) mass is 226 g/mol. The standard InChI is InChI=1S/C11H14O3S/c1-11(2,3)14-10(13)6-9(12)8-4-5-15-7-8/h4-5,7H,6H2,1-3H3. The molecule has 0 amide bonds. The number of hydrogen-bond acceptors (Lipinski definition) is 4. The van der Waals surface area contributed by atoms with E-state index in [-0.39, 0.29) is 12.2 Å². The summed E-state index contributed by atoms with van der Waals surface area (Å²) in [5, 5.41) is 3.54. The molecule has 0 saturated heterocycles. The van der Waals surface area contributed by atoms with Gasteiger partial charge in [0.05, 0.1) is 0 Å². The summed E-state index contributed by atoms with van der Waals surface area (Å²) in [5.74, 6) is -0.663. The molecule has 1 heterocycles. The number of esters is 1. The largest absolute Gasteiger partial charge is 0.460 e. The van der Waals surface area contributed by atoms with Crippen molar-refractivity contribution >= 4 is 23.1 Å². The molecular formula is C11H14O3S. The highest BCUT2D eigenvalue weighted by molar-refractivity contribution is 7.08. The first-order chi connectivity index (χ1) is 6.88. The third-order valence-corrected chi connectivity index (χ3v) is 2.25. The van der Waals surface area contributed by atoms with Gasteiger partial charge < -0.3 is 4.74 Å². The Labute approximate surface area is 93.1 Å². The van der Waals surface area contributed by atoms with Crippen LogP contribution in [-0.2, 0) is 9.53 Å². The fraction of sp³-hybridized carbons (Fsp3) is 0.455. The highest BCUT2D eigenvalue weighted by Crippen LogP contribution is 2.12. The van der Waals surface area contributed by atoms with Crippen molar-refractivity contribution in [3.8, 4) is 0 Å². The quantitative estimate of drug-likeness (QED) is 0.452. The van der Waals surface area contributed by atoms with Gasteiger partial charge in [0, 0.05) is 10.9 Å². The molecule has 0 unspecified atom stereocenters. The molecule has 15 heavy (non-hydrogen) atoms. The number of ketones is 1. The van der Waals surface area contributed by atoms with E-state index in [1.807, 2.05) is 5.38 Å². The fourth-order valence-corrected chi connectivity index (χ4v) is 1.69. The Hall–Kier alpha value is -1.16. The number of ether oxygens (including phenoxy) is 1. The van der Waals surface area contributed by atoms with E-state index >= 15 is 0 Å². The van der Waals surface area contributed by atoms with Crippen molar-refractivity contribution in [3.05, 3.63) is 22.4 Å². The van der Waals surface area contributed by atoms with Crippen LogP contribution in [0.25, 0.3) is 0 Å². The second-order valence-corrected chi connectivity index (χ2v) is 4.98. The van der Waals surface area contributed by atoms with Crippen LogP contribution in [0.15, 0.2) is 16.8 Å². The molecule has 0 saturated carbocycles. The molecule has 0 bridgehead atoms. The van der Waals surface area contributed by atoms with Gasteiger partial charge in [-0.3, -0.25) is 9.59 Å². The first-order valence-electron chi connectivity index (χ1n) is 4.66. The van der Waals surface area contributed by atoms with Gasteiger partial charge in [0.2, 0.25) is 0 Å². The van der Waals surface area contributed by atoms with E-state index < -0.39 is 11.6 Å². The average molecular weight is 226 g/mol. The van der Waals surface area contributed by atoms with E-state index in [1.54, 1.807) is 32.2 Å². The first kappa shape index (κ1) is 11.9. The van der Waals surface area contributed by atoms with Crippen molar-refractivity contribution in [2.24, 2.45) is 0 Å². The molecule has 0 atom stereocenters. The number of Topliss-reactive ketones (excluding diaryl/α,β-unsaturated/α-hetero) is 1. The highest BCUT2D eigenvalue weighted by Gasteiger charge is 2.19. The van der Waals surface area contributed by atoms with Crippen molar-refractivity contribution in [2.75, 3.05) is 0 Å². The molecule has 0 fully saturated rings. The van der Waals surface area contributed by atoms with Crippen molar-refractivity contribution in [1.82, 2.24) is 0 Å². The molecular weight excluding hydrogens is 212 g/mol. The zero-order valence-corrected chi connectivity index (χ0v) is 9.89. The minimum atomic E-state index is -0.536. The Morgan fingerprint density at radius 3 is 2.53 bits per heavy atom. The summed E-state index contributed by atoms with van der Waals surface area (Å²) in [6.45, 7) is 5.33. The number of rotatable bonds is 3. The molecule has 0 aliphatic carbocycles. The van der Waals surface area contributed by atoms with Gasteiger partial charge >= 0.3 is 5.97 Å². The van der Waals surface area contributed by atoms with E-state index in [1.165, 1.54) is 11.3 Å². The second kappa shape index (κ2) is 4.57. The van der Waals surface area contributed by atoms with E-state index in [4.69, 9.17) is 4.74 Å². The van der Waals surface area contributed by atoms with E-state index in [9.17, 15) is 9.59 Å². The van der Waals surface area contributed by atoms with Crippen LogP contribution in [0.1, 0.15) is 37.6 Å². The number of carbonyl (C=O) groups is 2. The van der Waals surface area contributed by atoms with E-state index in [0.29, 0.717) is 5.56 Å². The Kier molecular flexibility index (Phi) is 3.63. The lowest BCUT2D eigenvalue weighted by Gasteiger charge is -2.18. The van der Waals surface area contributed by atoms with E-state index in [2.05, 4.69) is 0 Å². The molecule has 1 aromatic rings. The molecule has 0 spiro atoms. The summed E-state index contributed by atoms with van der Waals surface area (Å²) >= 11 is 1.44. The van der Waals surface area contributed by atoms with Crippen molar-refractivity contribution < 1.29 is 14.3 Å². The maximum absolute atomic E-state index is 11.5. The normalized spacial score (nSPS) is 11.1. The minimum Gasteiger partial charge on any atom is -0.460 e.